The normalized spacial score (nSPS) is 12.8. The van der Waals surface area contributed by atoms with Gasteiger partial charge >= 0.3 is 0 Å². The SMILES string of the molecule is COCCSc1ccc([C@@H](C)N)cc1Cl. The Morgan fingerprint density at radius 2 is 2.27 bits per heavy atom. The molecule has 0 aliphatic heterocycles. The van der Waals surface area contributed by atoms with Crippen LogP contribution in [0.25, 0.3) is 0 Å². The molecule has 84 valence electrons. The molecule has 15 heavy (non-hydrogen) atoms. The summed E-state index contributed by atoms with van der Waals surface area (Å²) >= 11 is 7.83. The van der Waals surface area contributed by atoms with Gasteiger partial charge in [-0.25, -0.2) is 0 Å². The lowest BCUT2D eigenvalue weighted by Gasteiger charge is -2.09. The van der Waals surface area contributed by atoms with Gasteiger partial charge in [-0.2, -0.15) is 0 Å². The third kappa shape index (κ3) is 4.03. The zero-order chi connectivity index (χ0) is 11.3. The Bertz CT molecular complexity index is 317. The molecule has 0 amide bonds. The summed E-state index contributed by atoms with van der Waals surface area (Å²) in [5.41, 5.74) is 6.83. The molecule has 0 radical (unpaired) electrons. The van der Waals surface area contributed by atoms with E-state index in [0.717, 1.165) is 27.8 Å². The summed E-state index contributed by atoms with van der Waals surface area (Å²) in [6.07, 6.45) is 0. The highest BCUT2D eigenvalue weighted by atomic mass is 35.5. The standard InChI is InChI=1S/C11H16ClNOS/c1-8(13)9-3-4-11(10(12)7-9)15-6-5-14-2/h3-4,7-8H,5-6,13H2,1-2H3/t8-/m1/s1. The Hall–Kier alpha value is -0.220. The minimum atomic E-state index is 0.0283. The maximum atomic E-state index is 6.14. The average molecular weight is 246 g/mol. The van der Waals surface area contributed by atoms with Crippen molar-refractivity contribution in [1.82, 2.24) is 0 Å². The lowest BCUT2D eigenvalue weighted by Crippen LogP contribution is -2.04. The fourth-order valence-corrected chi connectivity index (χ4v) is 2.34. The van der Waals surface area contributed by atoms with E-state index in [0.29, 0.717) is 0 Å². The van der Waals surface area contributed by atoms with E-state index in [1.807, 2.05) is 25.1 Å². The van der Waals surface area contributed by atoms with Crippen LogP contribution >= 0.6 is 23.4 Å². The number of thioether (sulfide) groups is 1. The van der Waals surface area contributed by atoms with Gasteiger partial charge < -0.3 is 10.5 Å². The smallest absolute Gasteiger partial charge is 0.0556 e. The molecule has 0 fully saturated rings. The number of nitrogens with two attached hydrogens (primary N) is 1. The molecule has 0 saturated carbocycles. The predicted octanol–water partition coefficient (Wildman–Crippen LogP) is 3.10. The highest BCUT2D eigenvalue weighted by molar-refractivity contribution is 7.99. The highest BCUT2D eigenvalue weighted by Gasteiger charge is 2.05. The van der Waals surface area contributed by atoms with Gasteiger partial charge in [-0.3, -0.25) is 0 Å². The number of halogens is 1. The van der Waals surface area contributed by atoms with Crippen LogP contribution in [0.2, 0.25) is 5.02 Å². The molecule has 1 rings (SSSR count). The van der Waals surface area contributed by atoms with Crippen molar-refractivity contribution in [3.8, 4) is 0 Å². The second-order valence-electron chi connectivity index (χ2n) is 3.32. The van der Waals surface area contributed by atoms with E-state index >= 15 is 0 Å². The number of rotatable bonds is 5. The molecular weight excluding hydrogens is 230 g/mol. The van der Waals surface area contributed by atoms with E-state index < -0.39 is 0 Å². The van der Waals surface area contributed by atoms with Crippen LogP contribution in [0.4, 0.5) is 0 Å². The summed E-state index contributed by atoms with van der Waals surface area (Å²) in [4.78, 5) is 1.08. The van der Waals surface area contributed by atoms with Crippen LogP contribution in [0.15, 0.2) is 23.1 Å². The van der Waals surface area contributed by atoms with Crippen molar-refractivity contribution < 1.29 is 4.74 Å². The second kappa shape index (κ2) is 6.38. The summed E-state index contributed by atoms with van der Waals surface area (Å²) in [6.45, 7) is 2.68. The van der Waals surface area contributed by atoms with Crippen LogP contribution in [0.5, 0.6) is 0 Å². The lowest BCUT2D eigenvalue weighted by molar-refractivity contribution is 0.218. The van der Waals surface area contributed by atoms with Gasteiger partial charge in [0.15, 0.2) is 0 Å². The van der Waals surface area contributed by atoms with Gasteiger partial charge in [-0.1, -0.05) is 17.7 Å². The number of ether oxygens (including phenoxy) is 1. The zero-order valence-electron chi connectivity index (χ0n) is 9.00. The molecular formula is C11H16ClNOS. The summed E-state index contributed by atoms with van der Waals surface area (Å²) in [5.74, 6) is 0.910. The summed E-state index contributed by atoms with van der Waals surface area (Å²) in [7, 11) is 1.70. The number of methoxy groups -OCH3 is 1. The van der Waals surface area contributed by atoms with Crippen LogP contribution in [-0.4, -0.2) is 19.5 Å². The van der Waals surface area contributed by atoms with Crippen molar-refractivity contribution in [2.24, 2.45) is 5.73 Å². The minimum absolute atomic E-state index is 0.0283. The van der Waals surface area contributed by atoms with Gasteiger partial charge in [-0.05, 0) is 24.6 Å². The van der Waals surface area contributed by atoms with Gasteiger partial charge in [0.25, 0.3) is 0 Å². The van der Waals surface area contributed by atoms with Gasteiger partial charge in [0, 0.05) is 23.8 Å². The summed E-state index contributed by atoms with van der Waals surface area (Å²) < 4.78 is 4.98. The van der Waals surface area contributed by atoms with Crippen molar-refractivity contribution >= 4 is 23.4 Å². The molecule has 1 aromatic rings. The molecule has 2 nitrogen and oxygen atoms in total. The molecule has 0 unspecified atom stereocenters. The summed E-state index contributed by atoms with van der Waals surface area (Å²) in [6, 6.07) is 5.99. The highest BCUT2D eigenvalue weighted by Crippen LogP contribution is 2.29. The van der Waals surface area contributed by atoms with Crippen LogP contribution < -0.4 is 5.73 Å². The van der Waals surface area contributed by atoms with Crippen LogP contribution in [0, 0.1) is 0 Å². The Kier molecular flexibility index (Phi) is 5.47. The molecule has 0 aromatic heterocycles. The zero-order valence-corrected chi connectivity index (χ0v) is 10.6. The topological polar surface area (TPSA) is 35.2 Å². The molecule has 2 N–H and O–H groups in total. The number of benzene rings is 1. The number of hydrogen-bond donors (Lipinski definition) is 1. The molecule has 0 bridgehead atoms. The first-order valence-corrected chi connectivity index (χ1v) is 6.18. The van der Waals surface area contributed by atoms with E-state index in [9.17, 15) is 0 Å². The van der Waals surface area contributed by atoms with Crippen molar-refractivity contribution in [3.05, 3.63) is 28.8 Å². The molecule has 0 saturated heterocycles. The maximum absolute atomic E-state index is 6.14. The maximum Gasteiger partial charge on any atom is 0.0556 e. The molecule has 0 heterocycles. The first-order chi connectivity index (χ1) is 7.15. The molecule has 0 aliphatic rings. The Morgan fingerprint density at radius 3 is 2.80 bits per heavy atom. The van der Waals surface area contributed by atoms with Gasteiger partial charge in [0.05, 0.1) is 11.6 Å². The molecule has 4 heteroatoms. The van der Waals surface area contributed by atoms with E-state index in [-0.39, 0.29) is 6.04 Å². The molecule has 1 atom stereocenters. The van der Waals surface area contributed by atoms with Crippen molar-refractivity contribution in [1.29, 1.82) is 0 Å². The molecule has 0 aliphatic carbocycles. The van der Waals surface area contributed by atoms with Crippen LogP contribution in [-0.2, 0) is 4.74 Å². The van der Waals surface area contributed by atoms with Gasteiger partial charge in [-0.15, -0.1) is 11.8 Å². The van der Waals surface area contributed by atoms with Crippen molar-refractivity contribution in [3.63, 3.8) is 0 Å². The molecule has 1 aromatic carbocycles. The average Bonchev–Trinajstić information content (AvgIpc) is 2.20. The van der Waals surface area contributed by atoms with E-state index in [4.69, 9.17) is 22.1 Å². The van der Waals surface area contributed by atoms with Crippen molar-refractivity contribution in [2.75, 3.05) is 19.5 Å². The van der Waals surface area contributed by atoms with E-state index in [1.165, 1.54) is 0 Å². The summed E-state index contributed by atoms with van der Waals surface area (Å²) in [5, 5.41) is 0.769. The lowest BCUT2D eigenvalue weighted by atomic mass is 10.1. The minimum Gasteiger partial charge on any atom is -0.384 e. The van der Waals surface area contributed by atoms with E-state index in [1.54, 1.807) is 18.9 Å². The first-order valence-electron chi connectivity index (χ1n) is 4.82. The van der Waals surface area contributed by atoms with Crippen LogP contribution in [0.3, 0.4) is 0 Å². The largest absolute Gasteiger partial charge is 0.384 e. The Balaban J connectivity index is 2.66. The van der Waals surface area contributed by atoms with Gasteiger partial charge in [0.2, 0.25) is 0 Å². The quantitative estimate of drug-likeness (QED) is 0.640. The predicted molar refractivity (Wildman–Crippen MR) is 66.7 cm³/mol. The first kappa shape index (κ1) is 12.8. The Labute approximate surface area is 100 Å². The Morgan fingerprint density at radius 1 is 1.53 bits per heavy atom. The fourth-order valence-electron chi connectivity index (χ4n) is 1.15. The van der Waals surface area contributed by atoms with E-state index in [2.05, 4.69) is 0 Å². The second-order valence-corrected chi connectivity index (χ2v) is 4.86. The van der Waals surface area contributed by atoms with Crippen LogP contribution in [0.1, 0.15) is 18.5 Å². The third-order valence-electron chi connectivity index (χ3n) is 2.03. The molecule has 0 spiro atoms. The monoisotopic (exact) mass is 245 g/mol. The third-order valence-corrected chi connectivity index (χ3v) is 3.49. The van der Waals surface area contributed by atoms with Crippen molar-refractivity contribution in [2.45, 2.75) is 17.9 Å². The fraction of sp³-hybridized carbons (Fsp3) is 0.455. The number of hydrogen-bond acceptors (Lipinski definition) is 3. The van der Waals surface area contributed by atoms with Gasteiger partial charge in [0.1, 0.15) is 0 Å².